The van der Waals surface area contributed by atoms with E-state index in [2.05, 4.69) is 29.9 Å². The van der Waals surface area contributed by atoms with E-state index in [4.69, 9.17) is 9.47 Å². The lowest BCUT2D eigenvalue weighted by Crippen LogP contribution is -2.70. The molecule has 508 valence electrons. The van der Waals surface area contributed by atoms with Gasteiger partial charge in [0.05, 0.1) is 0 Å². The van der Waals surface area contributed by atoms with Gasteiger partial charge in [-0.25, -0.2) is 0 Å². The van der Waals surface area contributed by atoms with Gasteiger partial charge >= 0.3 is 83.6 Å². The molecular formula is C56H50F26N8O2. The maximum Gasteiger partial charge on any atom is 0.460 e. The van der Waals surface area contributed by atoms with Crippen molar-refractivity contribution in [3.63, 3.8) is 0 Å². The summed E-state index contributed by atoms with van der Waals surface area (Å²) in [6.45, 7) is -8.01. The van der Waals surface area contributed by atoms with Gasteiger partial charge in [-0.2, -0.15) is 144 Å². The fourth-order valence-corrected chi connectivity index (χ4v) is 16.1. The Kier molecular flexibility index (Phi) is 15.5. The first-order valence-electron chi connectivity index (χ1n) is 28.5. The quantitative estimate of drug-likeness (QED) is 0.0795. The van der Waals surface area contributed by atoms with Gasteiger partial charge in [0, 0.05) is 37.0 Å². The van der Waals surface area contributed by atoms with Gasteiger partial charge in [-0.05, 0) is 123 Å². The zero-order chi connectivity index (χ0) is 67.5. The molecule has 1 saturated heterocycles. The van der Waals surface area contributed by atoms with Gasteiger partial charge in [0.1, 0.15) is 11.6 Å². The number of benzene rings is 2. The molecule has 13 rings (SSSR count). The van der Waals surface area contributed by atoms with Crippen LogP contribution in [0.4, 0.5) is 126 Å². The van der Waals surface area contributed by atoms with Gasteiger partial charge in [-0.1, -0.05) is 60.7 Å². The Hall–Kier alpha value is -6.16. The molecule has 4 atom stereocenters. The van der Waals surface area contributed by atoms with Crippen LogP contribution < -0.4 is 19.3 Å². The van der Waals surface area contributed by atoms with Gasteiger partial charge in [0.15, 0.2) is 13.2 Å². The molecule has 0 amide bonds. The van der Waals surface area contributed by atoms with Gasteiger partial charge in [-0.15, -0.1) is 0 Å². The summed E-state index contributed by atoms with van der Waals surface area (Å²) >= 11 is 0. The number of ether oxygens (including phenoxy) is 2. The molecule has 10 nitrogen and oxygen atoms in total. The molecule has 92 heavy (non-hydrogen) atoms. The van der Waals surface area contributed by atoms with Gasteiger partial charge in [-0.3, -0.25) is 0 Å². The van der Waals surface area contributed by atoms with Crippen molar-refractivity contribution in [3.05, 3.63) is 83.4 Å². The maximum absolute atomic E-state index is 15.4. The molecular weight excluding hydrogens is 1310 g/mol. The molecule has 4 unspecified atom stereocenters. The Labute approximate surface area is 503 Å². The Morgan fingerprint density at radius 1 is 0.337 bits per heavy atom. The topological polar surface area (TPSA) is 102 Å². The first-order chi connectivity index (χ1) is 42.2. The number of hydrogen-bond acceptors (Lipinski definition) is 10. The standard InChI is InChI=1S/C56H50F26N8O2/c57-45(58,47(61,62)49(65,66)51(69,70)53(73,74)55(77,78)79)27-91-39-85-35(43-21-29-15-30(22-43)18-41(17-29,25-43)33-7-3-1-4-8-33)83-37(87-39)89-11-13-90(14-12-89)38-84-36(44-23-31-16-32(24-44)20-42(19-31,26-44)34-9-5-2-6-10-34)86-40(88-38)92-28-46(59,60)48(63,64)50(67,68)52(71,72)54(75,76)56(80,81)82/h1-10,29-32H,11-28H2. The average molecular weight is 1360 g/mol. The van der Waals surface area contributed by atoms with Crippen molar-refractivity contribution >= 4 is 11.9 Å². The van der Waals surface area contributed by atoms with Crippen LogP contribution >= 0.6 is 0 Å². The molecule has 9 aliphatic rings. The Balaban J connectivity index is 0.927. The van der Waals surface area contributed by atoms with E-state index in [1.807, 2.05) is 24.3 Å². The van der Waals surface area contributed by atoms with Gasteiger partial charge < -0.3 is 19.3 Å². The normalized spacial score (nSPS) is 28.5. The van der Waals surface area contributed by atoms with Crippen LogP contribution in [0.5, 0.6) is 12.0 Å². The number of hydrogen-bond donors (Lipinski definition) is 0. The number of rotatable bonds is 20. The highest BCUT2D eigenvalue weighted by Crippen LogP contribution is 2.69. The lowest BCUT2D eigenvalue weighted by atomic mass is 9.42. The third kappa shape index (κ3) is 10.2. The summed E-state index contributed by atoms with van der Waals surface area (Å²) in [4.78, 5) is 27.8. The number of aromatic nitrogens is 6. The predicted octanol–water partition coefficient (Wildman–Crippen LogP) is 15.2. The van der Waals surface area contributed by atoms with Crippen LogP contribution in [-0.2, 0) is 21.7 Å². The highest BCUT2D eigenvalue weighted by Gasteiger charge is 2.92. The zero-order valence-electron chi connectivity index (χ0n) is 47.0. The lowest BCUT2D eigenvalue weighted by Gasteiger charge is -2.61. The van der Waals surface area contributed by atoms with Crippen molar-refractivity contribution in [2.24, 2.45) is 23.7 Å². The summed E-state index contributed by atoms with van der Waals surface area (Å²) < 4.78 is 379. The second-order valence-electron chi connectivity index (χ2n) is 25.8. The van der Waals surface area contributed by atoms with Crippen LogP contribution in [0.2, 0.25) is 0 Å². The third-order valence-corrected chi connectivity index (χ3v) is 19.7. The van der Waals surface area contributed by atoms with E-state index in [0.717, 1.165) is 11.1 Å². The van der Waals surface area contributed by atoms with E-state index in [1.165, 1.54) is 9.80 Å². The van der Waals surface area contributed by atoms with E-state index in [0.29, 0.717) is 38.5 Å². The van der Waals surface area contributed by atoms with Crippen molar-refractivity contribution in [1.82, 2.24) is 29.9 Å². The minimum Gasteiger partial charge on any atom is -0.457 e. The fraction of sp³-hybridized carbons (Fsp3) is 0.679. The van der Waals surface area contributed by atoms with Crippen molar-refractivity contribution in [3.8, 4) is 12.0 Å². The van der Waals surface area contributed by atoms with E-state index >= 15 is 35.1 Å². The van der Waals surface area contributed by atoms with Gasteiger partial charge in [0.25, 0.3) is 0 Å². The van der Waals surface area contributed by atoms with Crippen molar-refractivity contribution in [2.75, 3.05) is 49.2 Å². The number of halogens is 26. The molecule has 0 radical (unpaired) electrons. The third-order valence-electron chi connectivity index (χ3n) is 19.7. The van der Waals surface area contributed by atoms with Crippen LogP contribution in [0.15, 0.2) is 60.7 Å². The van der Waals surface area contributed by atoms with Crippen molar-refractivity contribution < 1.29 is 124 Å². The molecule has 3 heterocycles. The zero-order valence-corrected chi connectivity index (χ0v) is 47.0. The number of alkyl halides is 26. The minimum absolute atomic E-state index is 0.0718. The fourth-order valence-electron chi connectivity index (χ4n) is 16.1. The summed E-state index contributed by atoms with van der Waals surface area (Å²) in [5, 5.41) is 0. The largest absolute Gasteiger partial charge is 0.460 e. The Morgan fingerprint density at radius 2 is 0.609 bits per heavy atom. The Bertz CT molecular complexity index is 3150. The molecule has 0 N–H and O–H groups in total. The number of piperazine rings is 1. The number of anilines is 2. The summed E-state index contributed by atoms with van der Waals surface area (Å²) in [5.41, 5.74) is -1.75. The molecule has 8 aliphatic carbocycles. The molecule has 1 aliphatic heterocycles. The van der Waals surface area contributed by atoms with Crippen LogP contribution in [0.1, 0.15) is 99.8 Å². The van der Waals surface area contributed by atoms with E-state index in [-0.39, 0.29) is 73.8 Å². The van der Waals surface area contributed by atoms with Crippen LogP contribution in [-0.4, -0.2) is 141 Å². The molecule has 0 spiro atoms. The van der Waals surface area contributed by atoms with E-state index in [1.54, 1.807) is 36.4 Å². The van der Waals surface area contributed by atoms with Gasteiger partial charge in [0.2, 0.25) is 11.9 Å². The summed E-state index contributed by atoms with van der Waals surface area (Å²) in [7, 11) is 0. The Morgan fingerprint density at radius 3 is 0.891 bits per heavy atom. The van der Waals surface area contributed by atoms with Crippen LogP contribution in [0.3, 0.4) is 0 Å². The second-order valence-corrected chi connectivity index (χ2v) is 25.8. The average Bonchev–Trinajstić information content (AvgIpc) is 0.728. The second kappa shape index (κ2) is 21.2. The minimum atomic E-state index is -8.21. The number of nitrogens with zero attached hydrogens (tertiary/aromatic N) is 8. The summed E-state index contributed by atoms with van der Waals surface area (Å²) in [6.07, 6.45) is -9.86. The predicted molar refractivity (Wildman–Crippen MR) is 266 cm³/mol. The molecule has 4 aromatic rings. The lowest BCUT2D eigenvalue weighted by molar-refractivity contribution is -0.440. The molecule has 8 bridgehead atoms. The smallest absolute Gasteiger partial charge is 0.457 e. The van der Waals surface area contributed by atoms with Crippen molar-refractivity contribution in [2.45, 2.75) is 170 Å². The molecule has 2 aromatic carbocycles. The first-order valence-corrected chi connectivity index (χ1v) is 28.5. The monoisotopic (exact) mass is 1360 g/mol. The summed E-state index contributed by atoms with van der Waals surface area (Å²) in [6, 6.07) is 15.2. The molecule has 2 aromatic heterocycles. The highest BCUT2D eigenvalue weighted by atomic mass is 19.4. The molecule has 9 fully saturated rings. The maximum atomic E-state index is 15.4. The molecule has 36 heteroatoms. The first kappa shape index (κ1) is 67.3. The van der Waals surface area contributed by atoms with E-state index < -0.39 is 157 Å². The highest BCUT2D eigenvalue weighted by molar-refractivity contribution is 5.43. The van der Waals surface area contributed by atoms with Crippen molar-refractivity contribution in [1.29, 1.82) is 0 Å². The SMILES string of the molecule is FC(F)(F)C(F)(F)C(F)(F)C(F)(F)C(F)(F)C(F)(F)COc1nc(N2CCN(c3nc(OCC(F)(F)C(F)(F)C(F)(F)C(F)(F)C(F)(F)C(F)(F)F)nc(C45CC6CC(CC(c7ccccc7)(C6)C4)C5)n3)CC2)nc(C23CC4CC(CC(c5ccccc5)(C4)C2)C3)n1. The molecule has 8 saturated carbocycles. The van der Waals surface area contributed by atoms with Crippen LogP contribution in [0, 0.1) is 23.7 Å². The van der Waals surface area contributed by atoms with Crippen LogP contribution in [0.25, 0.3) is 0 Å². The van der Waals surface area contributed by atoms with E-state index in [9.17, 15) is 79.0 Å². The summed E-state index contributed by atoms with van der Waals surface area (Å²) in [5.74, 6) is -79.6.